The highest BCUT2D eigenvalue weighted by molar-refractivity contribution is 5.89. The summed E-state index contributed by atoms with van der Waals surface area (Å²) in [6, 6.07) is 16.4. The summed E-state index contributed by atoms with van der Waals surface area (Å²) in [7, 11) is 1.43. The van der Waals surface area contributed by atoms with Gasteiger partial charge in [0, 0.05) is 19.6 Å². The Morgan fingerprint density at radius 2 is 1.55 bits per heavy atom. The quantitative estimate of drug-likeness (QED) is 0.138. The molecule has 1 saturated heterocycles. The Hall–Kier alpha value is -3.39. The van der Waals surface area contributed by atoms with Crippen LogP contribution in [0.5, 0.6) is 0 Å². The first-order chi connectivity index (χ1) is 22.5. The van der Waals surface area contributed by atoms with E-state index < -0.39 is 61.0 Å². The molecule has 2 aromatic rings. The predicted molar refractivity (Wildman–Crippen MR) is 173 cm³/mol. The van der Waals surface area contributed by atoms with Crippen LogP contribution >= 0.6 is 0 Å². The fourth-order valence-corrected chi connectivity index (χ4v) is 6.78. The molecular weight excluding hydrogens is 606 g/mol. The van der Waals surface area contributed by atoms with E-state index in [0.29, 0.717) is 19.3 Å². The maximum absolute atomic E-state index is 14.1. The van der Waals surface area contributed by atoms with Crippen LogP contribution in [0.4, 0.5) is 0 Å². The van der Waals surface area contributed by atoms with Crippen LogP contribution in [0.15, 0.2) is 60.7 Å². The monoisotopic (exact) mass is 655 g/mol. The Morgan fingerprint density at radius 3 is 2.19 bits per heavy atom. The topological polar surface area (TPSA) is 180 Å². The van der Waals surface area contributed by atoms with Crippen LogP contribution in [-0.4, -0.2) is 122 Å². The zero-order valence-corrected chi connectivity index (χ0v) is 27.1. The molecule has 0 aromatic heterocycles. The molecule has 12 nitrogen and oxygen atoms in total. The molecule has 2 fully saturated rings. The average Bonchev–Trinajstić information content (AvgIpc) is 3.70. The molecule has 12 heteroatoms. The molecule has 2 aliphatic rings. The van der Waals surface area contributed by atoms with E-state index in [1.807, 2.05) is 60.7 Å². The molecule has 0 unspecified atom stereocenters. The summed E-state index contributed by atoms with van der Waals surface area (Å²) in [6.07, 6.45) is -2.90. The molecular formula is C35H49N3O9. The second kappa shape index (κ2) is 17.1. The number of aryl methyl sites for hydroxylation is 1. The third kappa shape index (κ3) is 9.37. The van der Waals surface area contributed by atoms with E-state index in [9.17, 15) is 34.8 Å². The minimum Gasteiger partial charge on any atom is -0.459 e. The number of amides is 2. The number of ether oxygens (including phenoxy) is 1. The summed E-state index contributed by atoms with van der Waals surface area (Å²) >= 11 is 0. The van der Waals surface area contributed by atoms with Crippen molar-refractivity contribution in [1.82, 2.24) is 15.1 Å². The van der Waals surface area contributed by atoms with Crippen molar-refractivity contribution in [2.75, 3.05) is 20.2 Å². The lowest BCUT2D eigenvalue weighted by Crippen LogP contribution is -2.57. The lowest BCUT2D eigenvalue weighted by atomic mass is 10.0. The van der Waals surface area contributed by atoms with Gasteiger partial charge in [0.15, 0.2) is 0 Å². The first-order valence-electron chi connectivity index (χ1n) is 16.4. The predicted octanol–water partition coefficient (Wildman–Crippen LogP) is 0.373. The zero-order valence-electron chi connectivity index (χ0n) is 27.1. The highest BCUT2D eigenvalue weighted by atomic mass is 16.5. The van der Waals surface area contributed by atoms with Crippen molar-refractivity contribution in [3.63, 3.8) is 0 Å². The van der Waals surface area contributed by atoms with Crippen LogP contribution in [0.1, 0.15) is 50.2 Å². The number of aliphatic hydroxyl groups is 5. The van der Waals surface area contributed by atoms with Gasteiger partial charge < -0.3 is 40.1 Å². The van der Waals surface area contributed by atoms with Crippen molar-refractivity contribution in [3.05, 3.63) is 71.8 Å². The van der Waals surface area contributed by atoms with Gasteiger partial charge in [-0.1, -0.05) is 67.1 Å². The van der Waals surface area contributed by atoms with Gasteiger partial charge in [-0.3, -0.25) is 14.9 Å². The first-order valence-corrected chi connectivity index (χ1v) is 16.4. The van der Waals surface area contributed by atoms with Crippen molar-refractivity contribution in [2.45, 2.75) is 101 Å². The van der Waals surface area contributed by atoms with Crippen molar-refractivity contribution >= 4 is 17.8 Å². The fraction of sp³-hybridized carbons (Fsp3) is 0.571. The van der Waals surface area contributed by atoms with Crippen molar-refractivity contribution < 1.29 is 44.7 Å². The molecule has 2 aromatic carbocycles. The van der Waals surface area contributed by atoms with Crippen molar-refractivity contribution in [1.29, 1.82) is 0 Å². The first kappa shape index (κ1) is 36.4. The largest absolute Gasteiger partial charge is 0.459 e. The Kier molecular flexibility index (Phi) is 13.3. The van der Waals surface area contributed by atoms with Gasteiger partial charge in [-0.05, 0) is 56.1 Å². The molecule has 1 aliphatic carbocycles. The Balaban J connectivity index is 1.47. The third-order valence-electron chi connectivity index (χ3n) is 9.44. The van der Waals surface area contributed by atoms with Crippen LogP contribution < -0.4 is 5.32 Å². The van der Waals surface area contributed by atoms with Gasteiger partial charge in [-0.15, -0.1) is 0 Å². The second-order valence-corrected chi connectivity index (χ2v) is 12.8. The summed E-state index contributed by atoms with van der Waals surface area (Å²) in [6.45, 7) is 0.582. The van der Waals surface area contributed by atoms with E-state index in [1.54, 1.807) is 11.8 Å². The van der Waals surface area contributed by atoms with Crippen LogP contribution in [0.3, 0.4) is 0 Å². The summed E-state index contributed by atoms with van der Waals surface area (Å²) < 4.78 is 5.67. The van der Waals surface area contributed by atoms with Gasteiger partial charge in [-0.2, -0.15) is 0 Å². The number of esters is 1. The van der Waals surface area contributed by atoms with Crippen LogP contribution in [-0.2, 0) is 32.1 Å². The van der Waals surface area contributed by atoms with E-state index >= 15 is 0 Å². The zero-order chi connectivity index (χ0) is 34.1. The van der Waals surface area contributed by atoms with Crippen molar-refractivity contribution in [3.8, 4) is 0 Å². The average molecular weight is 656 g/mol. The Labute approximate surface area is 276 Å². The molecule has 47 heavy (non-hydrogen) atoms. The Bertz CT molecular complexity index is 1300. The standard InChI is InChI=1S/C35H49N3O9/c1-22(33(44)38-27-15-9-14-25(27)18-28(38)35(46)47-21-24-12-7-4-8-13-24)36-26(17-16-23-10-5-3-6-11-23)34(45)37(2)19-29(40)31(42)32(43)30(41)20-39/h3-8,10-13,22,25-32,36,39-43H,9,14-21H2,1-2H3/t22-,25-,26+,27-,28+,29+,30-,31-,32-/m1/s1. The fourth-order valence-electron chi connectivity index (χ4n) is 6.78. The van der Waals surface area contributed by atoms with Crippen LogP contribution in [0, 0.1) is 5.92 Å². The maximum Gasteiger partial charge on any atom is 0.329 e. The molecule has 1 heterocycles. The van der Waals surface area contributed by atoms with Gasteiger partial charge in [0.2, 0.25) is 11.8 Å². The summed E-state index contributed by atoms with van der Waals surface area (Å²) in [5.41, 5.74) is 1.84. The SMILES string of the molecule is C[C@@H](N[C@@H](CCc1ccccc1)C(=O)N(C)C[C@H](O)[C@@H](O)[C@H](O)[C@H](O)CO)C(=O)N1[C@@H]2CCC[C@@H]2C[C@H]1C(=O)OCc1ccccc1. The van der Waals surface area contributed by atoms with Gasteiger partial charge in [-0.25, -0.2) is 4.79 Å². The molecule has 0 bridgehead atoms. The van der Waals surface area contributed by atoms with E-state index in [0.717, 1.165) is 30.4 Å². The molecule has 1 aliphatic heterocycles. The van der Waals surface area contributed by atoms with Crippen LogP contribution in [0.2, 0.25) is 0 Å². The second-order valence-electron chi connectivity index (χ2n) is 12.8. The van der Waals surface area contributed by atoms with Gasteiger partial charge >= 0.3 is 5.97 Å². The number of likely N-dealkylation sites (N-methyl/N-ethyl adjacent to an activating group) is 1. The van der Waals surface area contributed by atoms with Gasteiger partial charge in [0.1, 0.15) is 37.1 Å². The summed E-state index contributed by atoms with van der Waals surface area (Å²) in [5.74, 6) is -0.989. The molecule has 0 spiro atoms. The van der Waals surface area contributed by atoms with Crippen LogP contribution in [0.25, 0.3) is 0 Å². The number of benzene rings is 2. The molecule has 9 atom stereocenters. The highest BCUT2D eigenvalue weighted by Gasteiger charge is 2.50. The molecule has 4 rings (SSSR count). The van der Waals surface area contributed by atoms with Gasteiger partial charge in [0.25, 0.3) is 0 Å². The van der Waals surface area contributed by atoms with E-state index in [-0.39, 0.29) is 31.0 Å². The van der Waals surface area contributed by atoms with E-state index in [4.69, 9.17) is 9.84 Å². The summed E-state index contributed by atoms with van der Waals surface area (Å²) in [4.78, 5) is 44.1. The lowest BCUT2D eigenvalue weighted by molar-refractivity contribution is -0.156. The minimum atomic E-state index is -1.82. The number of aliphatic hydroxyl groups excluding tert-OH is 5. The number of likely N-dealkylation sites (tertiary alicyclic amines) is 1. The number of nitrogens with zero attached hydrogens (tertiary/aromatic N) is 2. The van der Waals surface area contributed by atoms with Gasteiger partial charge in [0.05, 0.1) is 18.7 Å². The maximum atomic E-state index is 14.1. The number of nitrogens with one attached hydrogen (secondary N) is 1. The summed E-state index contributed by atoms with van der Waals surface area (Å²) in [5, 5.41) is 52.8. The molecule has 2 amide bonds. The number of carbonyl (C=O) groups excluding carboxylic acids is 3. The highest BCUT2D eigenvalue weighted by Crippen LogP contribution is 2.42. The minimum absolute atomic E-state index is 0.0838. The number of fused-ring (bicyclic) bond motifs is 1. The molecule has 1 saturated carbocycles. The number of rotatable bonds is 16. The smallest absolute Gasteiger partial charge is 0.329 e. The van der Waals surface area contributed by atoms with E-state index in [2.05, 4.69) is 5.32 Å². The number of hydrogen-bond donors (Lipinski definition) is 6. The lowest BCUT2D eigenvalue weighted by Gasteiger charge is -2.34. The molecule has 0 radical (unpaired) electrons. The normalized spacial score (nSPS) is 22.9. The number of hydrogen-bond acceptors (Lipinski definition) is 10. The molecule has 258 valence electrons. The Morgan fingerprint density at radius 1 is 0.936 bits per heavy atom. The van der Waals surface area contributed by atoms with E-state index in [1.165, 1.54) is 11.9 Å². The molecule has 6 N–H and O–H groups in total. The van der Waals surface area contributed by atoms with Crippen molar-refractivity contribution in [2.24, 2.45) is 5.92 Å². The third-order valence-corrected chi connectivity index (χ3v) is 9.44. The number of carbonyl (C=O) groups is 3.